The van der Waals surface area contributed by atoms with Crippen LogP contribution >= 0.6 is 0 Å². The molecule has 1 N–H and O–H groups in total. The average Bonchev–Trinajstić information content (AvgIpc) is 2.83. The lowest BCUT2D eigenvalue weighted by Crippen LogP contribution is -2.50. The van der Waals surface area contributed by atoms with Gasteiger partial charge in [-0.2, -0.15) is 5.06 Å². The van der Waals surface area contributed by atoms with E-state index in [1.54, 1.807) is 4.90 Å². The van der Waals surface area contributed by atoms with Crippen LogP contribution in [0.25, 0.3) is 0 Å². The summed E-state index contributed by atoms with van der Waals surface area (Å²) in [6.07, 6.45) is 1.39. The molecule has 0 aromatic heterocycles. The van der Waals surface area contributed by atoms with Gasteiger partial charge in [0.05, 0.1) is 19.8 Å². The first kappa shape index (κ1) is 17.4. The Balaban J connectivity index is 1.39. The minimum Gasteiger partial charge on any atom is -0.309 e. The number of carbonyl (C=O) groups excluding carboxylic acids is 2. The van der Waals surface area contributed by atoms with Crippen molar-refractivity contribution in [1.29, 1.82) is 0 Å². The van der Waals surface area contributed by atoms with Crippen LogP contribution in [0.3, 0.4) is 0 Å². The van der Waals surface area contributed by atoms with Crippen LogP contribution in [0.2, 0.25) is 0 Å². The molecule has 0 radical (unpaired) electrons. The highest BCUT2D eigenvalue weighted by molar-refractivity contribution is 5.87. The van der Waals surface area contributed by atoms with Crippen molar-refractivity contribution in [2.45, 2.75) is 24.9 Å². The summed E-state index contributed by atoms with van der Waals surface area (Å²) in [4.78, 5) is 41.1. The maximum Gasteiger partial charge on any atom is 0.345 e. The summed E-state index contributed by atoms with van der Waals surface area (Å²) in [6, 6.07) is -0.667. The molecule has 2 bridgehead atoms. The second-order valence-corrected chi connectivity index (χ2v) is 6.65. The molecule has 9 nitrogen and oxygen atoms in total. The molecule has 0 aromatic rings. The number of nitrogens with one attached hydrogen (secondary N) is 1. The third-order valence-corrected chi connectivity index (χ3v) is 5.10. The van der Waals surface area contributed by atoms with Crippen molar-refractivity contribution in [1.82, 2.24) is 25.2 Å². The van der Waals surface area contributed by atoms with Gasteiger partial charge in [-0.1, -0.05) is 0 Å². The molecule has 0 saturated carbocycles. The number of likely N-dealkylation sites (N-methyl/N-ethyl adjacent to an activating group) is 1. The van der Waals surface area contributed by atoms with Crippen molar-refractivity contribution >= 4 is 11.9 Å². The van der Waals surface area contributed by atoms with Crippen LogP contribution in [0.1, 0.15) is 12.8 Å². The Morgan fingerprint density at radius 2 is 2.00 bits per heavy atom. The Kier molecular flexibility index (Phi) is 5.54. The van der Waals surface area contributed by atoms with Gasteiger partial charge in [-0.05, 0) is 19.9 Å². The molecule has 3 fully saturated rings. The lowest BCUT2D eigenvalue weighted by atomic mass is 10.0. The van der Waals surface area contributed by atoms with E-state index in [-0.39, 0.29) is 18.0 Å². The number of rotatable bonds is 6. The third-order valence-electron chi connectivity index (χ3n) is 5.10. The van der Waals surface area contributed by atoms with E-state index in [0.29, 0.717) is 19.6 Å². The first-order valence-electron chi connectivity index (χ1n) is 8.56. The monoisotopic (exact) mass is 341 g/mol. The SMILES string of the molecule is CON1C(=O)N2C[C@H]1CC[C@H]2C(=O)NOCCN1CCN(C)CC1. The number of urea groups is 1. The van der Waals surface area contributed by atoms with Crippen molar-refractivity contribution in [2.24, 2.45) is 0 Å². The first-order chi connectivity index (χ1) is 11.6. The van der Waals surface area contributed by atoms with E-state index in [9.17, 15) is 9.59 Å². The number of fused-ring (bicyclic) bond motifs is 2. The maximum atomic E-state index is 12.3. The molecule has 0 unspecified atom stereocenters. The van der Waals surface area contributed by atoms with Gasteiger partial charge in [0.25, 0.3) is 5.91 Å². The fourth-order valence-corrected chi connectivity index (χ4v) is 3.57. The van der Waals surface area contributed by atoms with E-state index >= 15 is 0 Å². The Morgan fingerprint density at radius 3 is 2.71 bits per heavy atom. The normalized spacial score (nSPS) is 28.5. The standard InChI is InChI=1S/C15H27N5O4/c1-17-5-7-18(8-6-17)9-10-24-16-14(21)13-4-3-12-11-19(13)15(22)20(12)23-2/h12-13H,3-11H2,1-2H3,(H,16,21)/t12-,13+/m1/s1. The second-order valence-electron chi connectivity index (χ2n) is 6.65. The molecule has 0 aromatic carbocycles. The van der Waals surface area contributed by atoms with Crippen molar-refractivity contribution < 1.29 is 19.3 Å². The molecule has 3 amide bonds. The topological polar surface area (TPSA) is 77.6 Å². The van der Waals surface area contributed by atoms with Gasteiger partial charge in [0.15, 0.2) is 0 Å². The van der Waals surface area contributed by atoms with Crippen LogP contribution < -0.4 is 5.48 Å². The van der Waals surface area contributed by atoms with E-state index in [4.69, 9.17) is 9.68 Å². The van der Waals surface area contributed by atoms with E-state index in [0.717, 1.165) is 39.1 Å². The largest absolute Gasteiger partial charge is 0.345 e. The van der Waals surface area contributed by atoms with E-state index < -0.39 is 6.04 Å². The van der Waals surface area contributed by atoms with E-state index in [1.807, 2.05) is 0 Å². The highest BCUT2D eigenvalue weighted by atomic mass is 16.7. The predicted octanol–water partition coefficient (Wildman–Crippen LogP) is -0.888. The van der Waals surface area contributed by atoms with E-state index in [1.165, 1.54) is 12.2 Å². The van der Waals surface area contributed by atoms with Crippen molar-refractivity contribution in [3.63, 3.8) is 0 Å². The van der Waals surface area contributed by atoms with Crippen LogP contribution in [0.4, 0.5) is 4.79 Å². The number of hydrogen-bond donors (Lipinski definition) is 1. The molecular weight excluding hydrogens is 314 g/mol. The van der Waals surface area contributed by atoms with Gasteiger partial charge in [0, 0.05) is 39.3 Å². The lowest BCUT2D eigenvalue weighted by Gasteiger charge is -2.32. The number of piperidine rings is 1. The Morgan fingerprint density at radius 1 is 1.25 bits per heavy atom. The van der Waals surface area contributed by atoms with Crippen molar-refractivity contribution in [3.8, 4) is 0 Å². The number of hydrogen-bond acceptors (Lipinski definition) is 6. The van der Waals surface area contributed by atoms with Gasteiger partial charge in [-0.3, -0.25) is 19.4 Å². The summed E-state index contributed by atoms with van der Waals surface area (Å²) in [5, 5.41) is 1.36. The summed E-state index contributed by atoms with van der Waals surface area (Å²) >= 11 is 0. The smallest absolute Gasteiger partial charge is 0.309 e. The molecule has 2 atom stereocenters. The quantitative estimate of drug-likeness (QED) is 0.499. The fourth-order valence-electron chi connectivity index (χ4n) is 3.57. The fraction of sp³-hybridized carbons (Fsp3) is 0.867. The summed E-state index contributed by atoms with van der Waals surface area (Å²) in [5.74, 6) is -0.252. The summed E-state index contributed by atoms with van der Waals surface area (Å²) in [6.45, 7) is 5.93. The summed E-state index contributed by atoms with van der Waals surface area (Å²) < 4.78 is 0. The zero-order valence-electron chi connectivity index (χ0n) is 14.4. The molecular formula is C15H27N5O4. The van der Waals surface area contributed by atoms with E-state index in [2.05, 4.69) is 22.3 Å². The van der Waals surface area contributed by atoms with Crippen LogP contribution in [-0.2, 0) is 14.5 Å². The Hall–Kier alpha value is -1.42. The molecule has 136 valence electrons. The minimum atomic E-state index is -0.475. The Labute approximate surface area is 142 Å². The minimum absolute atomic E-state index is 0.0460. The number of carbonyl (C=O) groups is 2. The van der Waals surface area contributed by atoms with Gasteiger partial charge in [-0.15, -0.1) is 0 Å². The second kappa shape index (κ2) is 7.64. The zero-order valence-corrected chi connectivity index (χ0v) is 14.4. The molecule has 24 heavy (non-hydrogen) atoms. The molecule has 0 spiro atoms. The lowest BCUT2D eigenvalue weighted by molar-refractivity contribution is -0.139. The summed E-state index contributed by atoms with van der Waals surface area (Å²) in [7, 11) is 3.60. The van der Waals surface area contributed by atoms with Gasteiger partial charge >= 0.3 is 6.03 Å². The number of hydroxylamine groups is 3. The molecule has 3 heterocycles. The van der Waals surface area contributed by atoms with Gasteiger partial charge in [0.1, 0.15) is 6.04 Å². The maximum absolute atomic E-state index is 12.3. The van der Waals surface area contributed by atoms with Gasteiger partial charge in [-0.25, -0.2) is 10.3 Å². The van der Waals surface area contributed by atoms with Crippen LogP contribution in [-0.4, -0.2) is 104 Å². The molecule has 3 rings (SSSR count). The van der Waals surface area contributed by atoms with Gasteiger partial charge in [0.2, 0.25) is 0 Å². The summed E-state index contributed by atoms with van der Waals surface area (Å²) in [5.41, 5.74) is 2.51. The van der Waals surface area contributed by atoms with Gasteiger partial charge < -0.3 is 9.80 Å². The molecule has 3 aliphatic rings. The zero-order chi connectivity index (χ0) is 17.1. The highest BCUT2D eigenvalue weighted by Crippen LogP contribution is 2.29. The highest BCUT2D eigenvalue weighted by Gasteiger charge is 2.47. The molecule has 3 saturated heterocycles. The third kappa shape index (κ3) is 3.64. The number of piperazine rings is 1. The molecule has 0 aliphatic carbocycles. The first-order valence-corrected chi connectivity index (χ1v) is 8.56. The average molecular weight is 341 g/mol. The predicted molar refractivity (Wildman–Crippen MR) is 85.8 cm³/mol. The molecule has 3 aliphatic heterocycles. The van der Waals surface area contributed by atoms with Crippen LogP contribution in [0.5, 0.6) is 0 Å². The van der Waals surface area contributed by atoms with Crippen molar-refractivity contribution in [3.05, 3.63) is 0 Å². The van der Waals surface area contributed by atoms with Crippen molar-refractivity contribution in [2.75, 3.05) is 60.0 Å². The van der Waals surface area contributed by atoms with Crippen LogP contribution in [0.15, 0.2) is 0 Å². The Bertz CT molecular complexity index is 469. The number of amides is 3. The number of nitrogens with zero attached hydrogens (tertiary/aromatic N) is 4. The van der Waals surface area contributed by atoms with Crippen LogP contribution in [0, 0.1) is 0 Å². The molecule has 9 heteroatoms.